The van der Waals surface area contributed by atoms with E-state index in [-0.39, 0.29) is 5.69 Å². The Hall–Kier alpha value is -2.17. The van der Waals surface area contributed by atoms with Crippen molar-refractivity contribution in [2.45, 2.75) is 32.1 Å². The highest BCUT2D eigenvalue weighted by Gasteiger charge is 2.15. The van der Waals surface area contributed by atoms with Gasteiger partial charge in [0.2, 0.25) is 0 Å². The lowest BCUT2D eigenvalue weighted by atomic mass is 9.97. The van der Waals surface area contributed by atoms with E-state index >= 15 is 0 Å². The summed E-state index contributed by atoms with van der Waals surface area (Å²) in [6.45, 7) is 0.426. The maximum Gasteiger partial charge on any atom is 0.313 e. The molecule has 1 aromatic carbocycles. The maximum absolute atomic E-state index is 13.4. The van der Waals surface area contributed by atoms with E-state index in [4.69, 9.17) is 0 Å². The molecule has 1 aliphatic rings. The van der Waals surface area contributed by atoms with Crippen molar-refractivity contribution in [2.24, 2.45) is 0 Å². The first-order chi connectivity index (χ1) is 10.2. The second kappa shape index (κ2) is 7.57. The van der Waals surface area contributed by atoms with E-state index in [0.29, 0.717) is 6.54 Å². The van der Waals surface area contributed by atoms with Crippen LogP contribution < -0.4 is 10.6 Å². The fraction of sp³-hybridized carbons (Fsp3) is 0.375. The summed E-state index contributed by atoms with van der Waals surface area (Å²) >= 11 is 0. The number of nitrogens with one attached hydrogen (secondary N) is 2. The van der Waals surface area contributed by atoms with Crippen molar-refractivity contribution in [2.75, 3.05) is 11.9 Å². The Labute approximate surface area is 123 Å². The molecule has 2 amide bonds. The predicted molar refractivity (Wildman–Crippen MR) is 79.2 cm³/mol. The molecule has 0 saturated heterocycles. The van der Waals surface area contributed by atoms with E-state index in [1.807, 2.05) is 0 Å². The van der Waals surface area contributed by atoms with Crippen LogP contribution in [0, 0.1) is 5.82 Å². The summed E-state index contributed by atoms with van der Waals surface area (Å²) in [5.74, 6) is -2.15. The minimum Gasteiger partial charge on any atom is -0.348 e. The van der Waals surface area contributed by atoms with Gasteiger partial charge in [0.25, 0.3) is 0 Å². The second-order valence-corrected chi connectivity index (χ2v) is 5.05. The van der Waals surface area contributed by atoms with Crippen LogP contribution in [0.1, 0.15) is 32.1 Å². The number of carbonyl (C=O) groups is 2. The standard InChI is InChI=1S/C16H19FN2O2/c17-13-8-4-5-9-14(13)19-16(21)15(20)18-11-10-12-6-2-1-3-7-12/h4-6,8-9H,1-3,7,10-11H2,(H,18,20)(H,19,21). The molecule has 0 aromatic heterocycles. The fourth-order valence-corrected chi connectivity index (χ4v) is 2.29. The van der Waals surface area contributed by atoms with Crippen LogP contribution in [-0.2, 0) is 9.59 Å². The molecule has 0 spiro atoms. The summed E-state index contributed by atoms with van der Waals surface area (Å²) in [4.78, 5) is 23.3. The quantitative estimate of drug-likeness (QED) is 0.661. The van der Waals surface area contributed by atoms with Gasteiger partial charge in [-0.2, -0.15) is 0 Å². The van der Waals surface area contributed by atoms with E-state index in [0.717, 1.165) is 19.3 Å². The third-order valence-corrected chi connectivity index (χ3v) is 3.44. The van der Waals surface area contributed by atoms with Crippen molar-refractivity contribution < 1.29 is 14.0 Å². The van der Waals surface area contributed by atoms with E-state index in [1.54, 1.807) is 6.07 Å². The zero-order chi connectivity index (χ0) is 15.1. The summed E-state index contributed by atoms with van der Waals surface area (Å²) < 4.78 is 13.4. The topological polar surface area (TPSA) is 58.2 Å². The van der Waals surface area contributed by atoms with Gasteiger partial charge in [-0.25, -0.2) is 4.39 Å². The second-order valence-electron chi connectivity index (χ2n) is 5.05. The van der Waals surface area contributed by atoms with Gasteiger partial charge in [-0.05, 0) is 44.2 Å². The molecule has 1 aromatic rings. The van der Waals surface area contributed by atoms with Crippen LogP contribution >= 0.6 is 0 Å². The molecule has 4 nitrogen and oxygen atoms in total. The average Bonchev–Trinajstić information content (AvgIpc) is 2.50. The first-order valence-corrected chi connectivity index (χ1v) is 7.18. The van der Waals surface area contributed by atoms with Crippen LogP contribution in [0.3, 0.4) is 0 Å². The Morgan fingerprint density at radius 2 is 1.95 bits per heavy atom. The highest BCUT2D eigenvalue weighted by atomic mass is 19.1. The van der Waals surface area contributed by atoms with Gasteiger partial charge in [-0.3, -0.25) is 9.59 Å². The minimum atomic E-state index is -0.849. The molecule has 0 radical (unpaired) electrons. The van der Waals surface area contributed by atoms with Crippen LogP contribution in [0.2, 0.25) is 0 Å². The smallest absolute Gasteiger partial charge is 0.313 e. The van der Waals surface area contributed by atoms with Gasteiger partial charge < -0.3 is 10.6 Å². The van der Waals surface area contributed by atoms with Gasteiger partial charge in [0, 0.05) is 6.54 Å². The fourth-order valence-electron chi connectivity index (χ4n) is 2.29. The van der Waals surface area contributed by atoms with Crippen molar-refractivity contribution in [1.29, 1.82) is 0 Å². The number of hydrogen-bond donors (Lipinski definition) is 2. The number of halogens is 1. The molecule has 2 N–H and O–H groups in total. The molecule has 0 saturated carbocycles. The first-order valence-electron chi connectivity index (χ1n) is 7.18. The largest absolute Gasteiger partial charge is 0.348 e. The molecule has 0 fully saturated rings. The van der Waals surface area contributed by atoms with Gasteiger partial charge in [0.05, 0.1) is 5.69 Å². The number of allylic oxidation sites excluding steroid dienone is 1. The van der Waals surface area contributed by atoms with E-state index < -0.39 is 17.6 Å². The molecule has 2 rings (SSSR count). The van der Waals surface area contributed by atoms with Gasteiger partial charge in [0.15, 0.2) is 0 Å². The molecule has 5 heteroatoms. The lowest BCUT2D eigenvalue weighted by molar-refractivity contribution is -0.136. The minimum absolute atomic E-state index is 0.00707. The van der Waals surface area contributed by atoms with Crippen LogP contribution in [-0.4, -0.2) is 18.4 Å². The number of hydrogen-bond acceptors (Lipinski definition) is 2. The van der Waals surface area contributed by atoms with Crippen molar-refractivity contribution in [3.05, 3.63) is 41.7 Å². The number of rotatable bonds is 4. The predicted octanol–water partition coefficient (Wildman–Crippen LogP) is 2.77. The van der Waals surface area contributed by atoms with E-state index in [1.165, 1.54) is 36.6 Å². The van der Waals surface area contributed by atoms with Crippen molar-refractivity contribution in [3.8, 4) is 0 Å². The van der Waals surface area contributed by atoms with Gasteiger partial charge in [0.1, 0.15) is 5.82 Å². The SMILES string of the molecule is O=C(NCCC1=CCCCC1)C(=O)Nc1ccccc1F. The third kappa shape index (κ3) is 4.70. The molecular formula is C16H19FN2O2. The Balaban J connectivity index is 1.76. The number of anilines is 1. The van der Waals surface area contributed by atoms with Crippen molar-refractivity contribution >= 4 is 17.5 Å². The zero-order valence-electron chi connectivity index (χ0n) is 11.8. The maximum atomic E-state index is 13.4. The Kier molecular flexibility index (Phi) is 5.49. The highest BCUT2D eigenvalue weighted by molar-refractivity contribution is 6.39. The molecular weight excluding hydrogens is 271 g/mol. The van der Waals surface area contributed by atoms with Crippen LogP contribution in [0.25, 0.3) is 0 Å². The van der Waals surface area contributed by atoms with Crippen LogP contribution in [0.4, 0.5) is 10.1 Å². The van der Waals surface area contributed by atoms with E-state index in [9.17, 15) is 14.0 Å². The number of para-hydroxylation sites is 1. The molecule has 0 aliphatic heterocycles. The summed E-state index contributed by atoms with van der Waals surface area (Å²) in [6.07, 6.45) is 7.54. The van der Waals surface area contributed by atoms with Crippen molar-refractivity contribution in [1.82, 2.24) is 5.32 Å². The summed E-state index contributed by atoms with van der Waals surface area (Å²) in [5, 5.41) is 4.81. The normalized spacial score (nSPS) is 14.2. The van der Waals surface area contributed by atoms with Gasteiger partial charge in [-0.1, -0.05) is 23.8 Å². The lowest BCUT2D eigenvalue weighted by Gasteiger charge is -2.12. The number of amides is 2. The Morgan fingerprint density at radius 1 is 1.14 bits per heavy atom. The molecule has 0 unspecified atom stereocenters. The van der Waals surface area contributed by atoms with Crippen LogP contribution in [0.5, 0.6) is 0 Å². The molecule has 0 atom stereocenters. The molecule has 112 valence electrons. The van der Waals surface area contributed by atoms with Crippen molar-refractivity contribution in [3.63, 3.8) is 0 Å². The number of carbonyl (C=O) groups excluding carboxylic acids is 2. The van der Waals surface area contributed by atoms with Gasteiger partial charge in [-0.15, -0.1) is 0 Å². The third-order valence-electron chi connectivity index (χ3n) is 3.44. The molecule has 21 heavy (non-hydrogen) atoms. The summed E-state index contributed by atoms with van der Waals surface area (Å²) in [5.41, 5.74) is 1.34. The monoisotopic (exact) mass is 290 g/mol. The lowest BCUT2D eigenvalue weighted by Crippen LogP contribution is -2.36. The molecule has 0 heterocycles. The molecule has 0 bridgehead atoms. The zero-order valence-corrected chi connectivity index (χ0v) is 11.8. The first kappa shape index (κ1) is 15.2. The number of benzene rings is 1. The van der Waals surface area contributed by atoms with Gasteiger partial charge >= 0.3 is 11.8 Å². The van der Waals surface area contributed by atoms with E-state index in [2.05, 4.69) is 16.7 Å². The van der Waals surface area contributed by atoms with Crippen LogP contribution in [0.15, 0.2) is 35.9 Å². The summed E-state index contributed by atoms with van der Waals surface area (Å²) in [7, 11) is 0. The Morgan fingerprint density at radius 3 is 2.67 bits per heavy atom. The average molecular weight is 290 g/mol. The highest BCUT2D eigenvalue weighted by Crippen LogP contribution is 2.19. The summed E-state index contributed by atoms with van der Waals surface area (Å²) in [6, 6.07) is 5.74. The Bertz CT molecular complexity index is 555. The molecule has 1 aliphatic carbocycles.